The molecule has 0 amide bonds. The number of aliphatic imine (C=N–C) groups is 1. The van der Waals surface area contributed by atoms with E-state index >= 15 is 0 Å². The molecule has 0 radical (unpaired) electrons. The van der Waals surface area contributed by atoms with Gasteiger partial charge in [0.15, 0.2) is 12.4 Å². The van der Waals surface area contributed by atoms with Gasteiger partial charge in [-0.05, 0) is 39.0 Å². The lowest BCUT2D eigenvalue weighted by molar-refractivity contribution is -0.976. The Labute approximate surface area is 163 Å². The number of rotatable bonds is 16. The van der Waals surface area contributed by atoms with Gasteiger partial charge in [-0.25, -0.2) is 4.99 Å². The van der Waals surface area contributed by atoms with Crippen LogP contribution in [0.5, 0.6) is 0 Å². The summed E-state index contributed by atoms with van der Waals surface area (Å²) in [6.07, 6.45) is 23.9. The molecule has 26 heavy (non-hydrogen) atoms. The Morgan fingerprint density at radius 1 is 0.962 bits per heavy atom. The molecule has 1 heterocycles. The number of allylic oxidation sites excluding steroid dienone is 2. The molecule has 0 spiro atoms. The van der Waals surface area contributed by atoms with Gasteiger partial charge in [0.05, 0.1) is 12.8 Å². The fourth-order valence-corrected chi connectivity index (χ4v) is 4.13. The third-order valence-corrected chi connectivity index (χ3v) is 6.10. The molecule has 0 fully saturated rings. The number of quaternary nitrogens is 1. The lowest BCUT2D eigenvalue weighted by Crippen LogP contribution is -2.57. The van der Waals surface area contributed by atoms with E-state index in [0.717, 1.165) is 24.0 Å². The molecule has 3 atom stereocenters. The van der Waals surface area contributed by atoms with Gasteiger partial charge in [0, 0.05) is 13.3 Å². The van der Waals surface area contributed by atoms with E-state index in [-0.39, 0.29) is 12.4 Å². The standard InChI is InChI=1S/C23H45N2O/c1-4-6-7-8-9-10-11-12-13-14-15-16-17-18-19-23-24-20-21-25(23,5-2)22(3)26/h14-15,20,22-23,26H,4-13,16-19,21H2,1-3H3/q+1/b15-14+. The quantitative estimate of drug-likeness (QED) is 0.196. The molecule has 3 heteroatoms. The fraction of sp³-hybridized carbons (Fsp3) is 0.870. The molecule has 1 rings (SSSR count). The van der Waals surface area contributed by atoms with E-state index < -0.39 is 0 Å². The van der Waals surface area contributed by atoms with Crippen LogP contribution in [0.4, 0.5) is 0 Å². The Kier molecular flexibility index (Phi) is 12.9. The average molecular weight is 366 g/mol. The summed E-state index contributed by atoms with van der Waals surface area (Å²) in [6, 6.07) is 0. The highest BCUT2D eigenvalue weighted by Crippen LogP contribution is 2.26. The van der Waals surface area contributed by atoms with E-state index in [2.05, 4.69) is 31.0 Å². The maximum atomic E-state index is 10.2. The van der Waals surface area contributed by atoms with Gasteiger partial charge in [-0.15, -0.1) is 0 Å². The molecule has 152 valence electrons. The second kappa shape index (κ2) is 14.4. The summed E-state index contributed by atoms with van der Waals surface area (Å²) >= 11 is 0. The van der Waals surface area contributed by atoms with Crippen molar-refractivity contribution in [2.75, 3.05) is 13.1 Å². The molecular weight excluding hydrogens is 320 g/mol. The molecular formula is C23H45N2O+. The van der Waals surface area contributed by atoms with Crippen LogP contribution in [0.25, 0.3) is 0 Å². The molecule has 0 aromatic rings. The van der Waals surface area contributed by atoms with Crippen LogP contribution in [0.3, 0.4) is 0 Å². The predicted octanol–water partition coefficient (Wildman–Crippen LogP) is 6.22. The highest BCUT2D eigenvalue weighted by Gasteiger charge is 2.41. The molecule has 0 aliphatic carbocycles. The lowest BCUT2D eigenvalue weighted by Gasteiger charge is -2.40. The first-order chi connectivity index (χ1) is 12.7. The Morgan fingerprint density at radius 2 is 1.54 bits per heavy atom. The Bertz CT molecular complexity index is 392. The molecule has 0 saturated carbocycles. The SMILES string of the molecule is CCCCCCCCCC/C=C/CCCCC1N=CC[N+]1(CC)C(C)O. The van der Waals surface area contributed by atoms with Crippen molar-refractivity contribution in [3.05, 3.63) is 12.2 Å². The van der Waals surface area contributed by atoms with Gasteiger partial charge in [0.1, 0.15) is 6.54 Å². The third-order valence-electron chi connectivity index (χ3n) is 6.10. The first-order valence-electron chi connectivity index (χ1n) is 11.4. The van der Waals surface area contributed by atoms with Crippen molar-refractivity contribution in [3.63, 3.8) is 0 Å². The second-order valence-electron chi connectivity index (χ2n) is 8.07. The number of aliphatic hydroxyl groups is 1. The molecule has 1 aliphatic rings. The number of unbranched alkanes of at least 4 members (excludes halogenated alkanes) is 10. The van der Waals surface area contributed by atoms with Crippen molar-refractivity contribution < 1.29 is 9.59 Å². The minimum atomic E-state index is -0.320. The van der Waals surface area contributed by atoms with Crippen LogP contribution < -0.4 is 0 Å². The van der Waals surface area contributed by atoms with Crippen molar-refractivity contribution >= 4 is 6.21 Å². The highest BCUT2D eigenvalue weighted by molar-refractivity contribution is 5.60. The van der Waals surface area contributed by atoms with Crippen LogP contribution in [0.2, 0.25) is 0 Å². The molecule has 1 N–H and O–H groups in total. The monoisotopic (exact) mass is 365 g/mol. The largest absolute Gasteiger partial charge is 0.345 e. The maximum Gasteiger partial charge on any atom is 0.189 e. The first kappa shape index (κ1) is 23.4. The molecule has 0 aromatic heterocycles. The Balaban J connectivity index is 1.98. The summed E-state index contributed by atoms with van der Waals surface area (Å²) in [6.45, 7) is 8.21. The Hall–Kier alpha value is -0.670. The van der Waals surface area contributed by atoms with Crippen LogP contribution in [-0.2, 0) is 0 Å². The number of aliphatic hydroxyl groups excluding tert-OH is 1. The van der Waals surface area contributed by atoms with Gasteiger partial charge in [-0.3, -0.25) is 4.48 Å². The number of hydrogen-bond acceptors (Lipinski definition) is 2. The zero-order valence-corrected chi connectivity index (χ0v) is 17.8. The zero-order chi connectivity index (χ0) is 19.1. The predicted molar refractivity (Wildman–Crippen MR) is 114 cm³/mol. The minimum absolute atomic E-state index is 0.265. The van der Waals surface area contributed by atoms with Gasteiger partial charge in [0.25, 0.3) is 0 Å². The second-order valence-corrected chi connectivity index (χ2v) is 8.07. The van der Waals surface area contributed by atoms with E-state index in [1.807, 2.05) is 13.1 Å². The summed E-state index contributed by atoms with van der Waals surface area (Å²) in [5.41, 5.74) is 0. The maximum absolute atomic E-state index is 10.2. The van der Waals surface area contributed by atoms with Gasteiger partial charge in [0.2, 0.25) is 0 Å². The zero-order valence-electron chi connectivity index (χ0n) is 17.8. The van der Waals surface area contributed by atoms with Crippen molar-refractivity contribution in [1.29, 1.82) is 0 Å². The normalized spacial score (nSPS) is 23.9. The highest BCUT2D eigenvalue weighted by atomic mass is 16.3. The molecule has 1 aliphatic heterocycles. The van der Waals surface area contributed by atoms with Crippen LogP contribution in [0, 0.1) is 0 Å². The van der Waals surface area contributed by atoms with Gasteiger partial charge in [-0.1, -0.05) is 64.0 Å². The molecule has 3 nitrogen and oxygen atoms in total. The van der Waals surface area contributed by atoms with E-state index in [0.29, 0.717) is 0 Å². The molecule has 0 bridgehead atoms. The molecule has 0 aromatic carbocycles. The number of hydrogen-bond donors (Lipinski definition) is 1. The summed E-state index contributed by atoms with van der Waals surface area (Å²) in [5.74, 6) is 0. The van der Waals surface area contributed by atoms with Gasteiger partial charge >= 0.3 is 0 Å². The molecule has 0 saturated heterocycles. The van der Waals surface area contributed by atoms with Crippen LogP contribution in [0.1, 0.15) is 104 Å². The van der Waals surface area contributed by atoms with Crippen LogP contribution in [0.15, 0.2) is 17.1 Å². The lowest BCUT2D eigenvalue weighted by atomic mass is 10.1. The third kappa shape index (κ3) is 8.35. The summed E-state index contributed by atoms with van der Waals surface area (Å²) in [5, 5.41) is 10.2. The van der Waals surface area contributed by atoms with Crippen molar-refractivity contribution in [2.24, 2.45) is 4.99 Å². The average Bonchev–Trinajstić information content (AvgIpc) is 3.06. The Morgan fingerprint density at radius 3 is 2.12 bits per heavy atom. The summed E-state index contributed by atoms with van der Waals surface area (Å²) < 4.78 is 0.730. The number of nitrogens with zero attached hydrogens (tertiary/aromatic N) is 2. The molecule has 3 unspecified atom stereocenters. The van der Waals surface area contributed by atoms with Gasteiger partial charge in [-0.2, -0.15) is 0 Å². The van der Waals surface area contributed by atoms with Crippen LogP contribution in [-0.4, -0.2) is 41.3 Å². The van der Waals surface area contributed by atoms with Crippen molar-refractivity contribution in [1.82, 2.24) is 0 Å². The van der Waals surface area contributed by atoms with Crippen LogP contribution >= 0.6 is 0 Å². The summed E-state index contributed by atoms with van der Waals surface area (Å²) in [7, 11) is 0. The van der Waals surface area contributed by atoms with Gasteiger partial charge < -0.3 is 5.11 Å². The topological polar surface area (TPSA) is 32.6 Å². The van der Waals surface area contributed by atoms with E-state index in [9.17, 15) is 5.11 Å². The van der Waals surface area contributed by atoms with E-state index in [1.165, 1.54) is 77.0 Å². The van der Waals surface area contributed by atoms with Crippen molar-refractivity contribution in [2.45, 2.75) is 117 Å². The first-order valence-corrected chi connectivity index (χ1v) is 11.4. The summed E-state index contributed by atoms with van der Waals surface area (Å²) in [4.78, 5) is 4.65. The fourth-order valence-electron chi connectivity index (χ4n) is 4.13. The van der Waals surface area contributed by atoms with Crippen molar-refractivity contribution in [3.8, 4) is 0 Å². The van der Waals surface area contributed by atoms with E-state index in [4.69, 9.17) is 0 Å². The minimum Gasteiger partial charge on any atom is -0.345 e. The van der Waals surface area contributed by atoms with E-state index in [1.54, 1.807) is 0 Å². The smallest absolute Gasteiger partial charge is 0.189 e.